The van der Waals surface area contributed by atoms with Crippen LogP contribution >= 0.6 is 0 Å². The van der Waals surface area contributed by atoms with Crippen LogP contribution in [0.1, 0.15) is 31.2 Å². The van der Waals surface area contributed by atoms with Crippen molar-refractivity contribution < 1.29 is 14.6 Å². The van der Waals surface area contributed by atoms with Gasteiger partial charge in [-0.15, -0.1) is 0 Å². The highest BCUT2D eigenvalue weighted by Gasteiger charge is 2.34. The number of aliphatic hydroxyl groups is 1. The fourth-order valence-electron chi connectivity index (χ4n) is 2.14. The number of rotatable bonds is 2. The number of Topliss-reactive ketones (excluding diaryl/α,β-unsaturated/α-hetero) is 1. The minimum atomic E-state index is -0.859. The maximum atomic E-state index is 11.2. The van der Waals surface area contributed by atoms with Crippen LogP contribution < -0.4 is 4.74 Å². The monoisotopic (exact) mass is 220 g/mol. The topological polar surface area (TPSA) is 46.5 Å². The molecule has 0 bridgehead atoms. The highest BCUT2D eigenvalue weighted by Crippen LogP contribution is 2.36. The van der Waals surface area contributed by atoms with Gasteiger partial charge in [0.05, 0.1) is 12.7 Å². The number of ether oxygens (including phenoxy) is 1. The Balaban J connectivity index is 2.25. The molecule has 0 spiro atoms. The van der Waals surface area contributed by atoms with Gasteiger partial charge < -0.3 is 9.84 Å². The van der Waals surface area contributed by atoms with E-state index in [1.165, 1.54) is 0 Å². The quantitative estimate of drug-likeness (QED) is 0.829. The second kappa shape index (κ2) is 4.26. The molecule has 0 aromatic heterocycles. The Morgan fingerprint density at radius 1 is 1.31 bits per heavy atom. The molecule has 1 aromatic rings. The first-order valence-electron chi connectivity index (χ1n) is 5.53. The summed E-state index contributed by atoms with van der Waals surface area (Å²) in [6.45, 7) is 0. The number of ketones is 1. The summed E-state index contributed by atoms with van der Waals surface area (Å²) in [6, 6.07) is 7.44. The second-order valence-corrected chi connectivity index (χ2v) is 4.30. The summed E-state index contributed by atoms with van der Waals surface area (Å²) >= 11 is 0. The van der Waals surface area contributed by atoms with Crippen LogP contribution in [0.4, 0.5) is 0 Å². The number of carbonyl (C=O) groups excluding carboxylic acids is 1. The van der Waals surface area contributed by atoms with Gasteiger partial charge in [-0.2, -0.15) is 0 Å². The van der Waals surface area contributed by atoms with Crippen LogP contribution in [0.3, 0.4) is 0 Å². The Kier molecular flexibility index (Phi) is 2.97. The molecular weight excluding hydrogens is 204 g/mol. The van der Waals surface area contributed by atoms with Gasteiger partial charge in [0.1, 0.15) is 11.5 Å². The minimum Gasteiger partial charge on any atom is -0.497 e. The van der Waals surface area contributed by atoms with Gasteiger partial charge in [0.25, 0.3) is 0 Å². The highest BCUT2D eigenvalue weighted by molar-refractivity contribution is 5.79. The number of methoxy groups -OCH3 is 1. The SMILES string of the molecule is COc1cccc(C2(O)CCC(=O)CC2)c1. The third kappa shape index (κ3) is 2.09. The van der Waals surface area contributed by atoms with Gasteiger partial charge in [0.2, 0.25) is 0 Å². The summed E-state index contributed by atoms with van der Waals surface area (Å²) in [5, 5.41) is 10.5. The second-order valence-electron chi connectivity index (χ2n) is 4.30. The van der Waals surface area contributed by atoms with Crippen molar-refractivity contribution in [3.63, 3.8) is 0 Å². The van der Waals surface area contributed by atoms with Gasteiger partial charge in [-0.3, -0.25) is 4.79 Å². The van der Waals surface area contributed by atoms with Crippen molar-refractivity contribution in [3.05, 3.63) is 29.8 Å². The van der Waals surface area contributed by atoms with Gasteiger partial charge in [0.15, 0.2) is 0 Å². The number of hydrogen-bond acceptors (Lipinski definition) is 3. The lowest BCUT2D eigenvalue weighted by atomic mass is 9.79. The third-order valence-electron chi connectivity index (χ3n) is 3.24. The van der Waals surface area contributed by atoms with Gasteiger partial charge in [-0.25, -0.2) is 0 Å². The number of hydrogen-bond donors (Lipinski definition) is 1. The Bertz CT molecular complexity index is 388. The van der Waals surface area contributed by atoms with E-state index in [0.717, 1.165) is 11.3 Å². The summed E-state index contributed by atoms with van der Waals surface area (Å²) in [6.07, 6.45) is 1.96. The first kappa shape index (κ1) is 11.1. The van der Waals surface area contributed by atoms with Crippen molar-refractivity contribution in [1.29, 1.82) is 0 Å². The normalized spacial score (nSPS) is 19.5. The third-order valence-corrected chi connectivity index (χ3v) is 3.24. The smallest absolute Gasteiger partial charge is 0.133 e. The molecule has 3 nitrogen and oxygen atoms in total. The molecular formula is C13H16O3. The molecule has 0 aliphatic heterocycles. The predicted molar refractivity (Wildman–Crippen MR) is 60.4 cm³/mol. The van der Waals surface area contributed by atoms with Gasteiger partial charge in [-0.05, 0) is 30.5 Å². The van der Waals surface area contributed by atoms with Crippen LogP contribution in [0.2, 0.25) is 0 Å². The summed E-state index contributed by atoms with van der Waals surface area (Å²) < 4.78 is 5.13. The molecule has 1 fully saturated rings. The lowest BCUT2D eigenvalue weighted by molar-refractivity contribution is -0.125. The fraction of sp³-hybridized carbons (Fsp3) is 0.462. The van der Waals surface area contributed by atoms with Crippen LogP contribution in [-0.2, 0) is 10.4 Å². The van der Waals surface area contributed by atoms with Crippen molar-refractivity contribution >= 4 is 5.78 Å². The summed E-state index contributed by atoms with van der Waals surface area (Å²) in [5.74, 6) is 0.982. The zero-order valence-electron chi connectivity index (χ0n) is 9.40. The zero-order chi connectivity index (χ0) is 11.6. The highest BCUT2D eigenvalue weighted by atomic mass is 16.5. The Hall–Kier alpha value is -1.35. The van der Waals surface area contributed by atoms with Gasteiger partial charge in [0, 0.05) is 12.8 Å². The molecule has 1 N–H and O–H groups in total. The molecule has 1 aromatic carbocycles. The molecule has 1 saturated carbocycles. The molecule has 0 saturated heterocycles. The molecule has 16 heavy (non-hydrogen) atoms. The van der Waals surface area contributed by atoms with Crippen molar-refractivity contribution in [1.82, 2.24) is 0 Å². The van der Waals surface area contributed by atoms with Crippen LogP contribution in [0.25, 0.3) is 0 Å². The Morgan fingerprint density at radius 2 is 2.00 bits per heavy atom. The van der Waals surface area contributed by atoms with E-state index in [9.17, 15) is 9.90 Å². The van der Waals surface area contributed by atoms with Gasteiger partial charge in [-0.1, -0.05) is 12.1 Å². The predicted octanol–water partition coefficient (Wildman–Crippen LogP) is 2.03. The van der Waals surface area contributed by atoms with Crippen LogP contribution in [0, 0.1) is 0 Å². The first-order valence-corrected chi connectivity index (χ1v) is 5.53. The standard InChI is InChI=1S/C13H16O3/c1-16-12-4-2-3-10(9-12)13(15)7-5-11(14)6-8-13/h2-4,9,15H,5-8H2,1H3. The van der Waals surface area contributed by atoms with E-state index in [0.29, 0.717) is 25.7 Å². The molecule has 0 radical (unpaired) electrons. The average molecular weight is 220 g/mol. The van der Waals surface area contributed by atoms with E-state index < -0.39 is 5.60 Å². The van der Waals surface area contributed by atoms with Crippen molar-refractivity contribution in [2.45, 2.75) is 31.3 Å². The van der Waals surface area contributed by atoms with Crippen LogP contribution in [-0.4, -0.2) is 18.0 Å². The first-order chi connectivity index (χ1) is 7.64. The van der Waals surface area contributed by atoms with E-state index in [-0.39, 0.29) is 5.78 Å². The van der Waals surface area contributed by atoms with E-state index in [4.69, 9.17) is 4.74 Å². The lowest BCUT2D eigenvalue weighted by Gasteiger charge is -2.32. The fourth-order valence-corrected chi connectivity index (χ4v) is 2.14. The molecule has 0 amide bonds. The van der Waals surface area contributed by atoms with E-state index in [1.807, 2.05) is 24.3 Å². The maximum absolute atomic E-state index is 11.2. The van der Waals surface area contributed by atoms with Gasteiger partial charge >= 0.3 is 0 Å². The number of benzene rings is 1. The van der Waals surface area contributed by atoms with Crippen LogP contribution in [0.5, 0.6) is 5.75 Å². The maximum Gasteiger partial charge on any atom is 0.133 e. The molecule has 0 heterocycles. The Labute approximate surface area is 95.0 Å². The molecule has 0 unspecified atom stereocenters. The van der Waals surface area contributed by atoms with E-state index >= 15 is 0 Å². The summed E-state index contributed by atoms with van der Waals surface area (Å²) in [4.78, 5) is 11.2. The van der Waals surface area contributed by atoms with Crippen molar-refractivity contribution in [2.75, 3.05) is 7.11 Å². The zero-order valence-corrected chi connectivity index (χ0v) is 9.40. The molecule has 1 aliphatic carbocycles. The summed E-state index contributed by atoms with van der Waals surface area (Å²) in [7, 11) is 1.60. The lowest BCUT2D eigenvalue weighted by Crippen LogP contribution is -2.31. The molecule has 2 rings (SSSR count). The molecule has 1 aliphatic rings. The molecule has 86 valence electrons. The van der Waals surface area contributed by atoms with Crippen molar-refractivity contribution in [3.8, 4) is 5.75 Å². The van der Waals surface area contributed by atoms with Crippen molar-refractivity contribution in [2.24, 2.45) is 0 Å². The Morgan fingerprint density at radius 3 is 2.62 bits per heavy atom. The van der Waals surface area contributed by atoms with Crippen LogP contribution in [0.15, 0.2) is 24.3 Å². The van der Waals surface area contributed by atoms with E-state index in [2.05, 4.69) is 0 Å². The van der Waals surface area contributed by atoms with E-state index in [1.54, 1.807) is 7.11 Å². The largest absolute Gasteiger partial charge is 0.497 e. The minimum absolute atomic E-state index is 0.243. The molecule has 0 atom stereocenters. The molecule has 3 heteroatoms. The summed E-state index contributed by atoms with van der Waals surface area (Å²) in [5.41, 5.74) is -0.0121. The average Bonchev–Trinajstić information content (AvgIpc) is 2.33. The number of carbonyl (C=O) groups is 1.